The molecule has 4 aromatic carbocycles. The minimum atomic E-state index is -4.73. The minimum absolute atomic E-state index is 0.0423. The number of H-pyrrole nitrogens is 2. The zero-order chi connectivity index (χ0) is 46.5. The number of benzene rings is 4. The number of rotatable bonds is 12. The van der Waals surface area contributed by atoms with Crippen LogP contribution >= 0.6 is 23.2 Å². The average molecular weight is 936 g/mol. The van der Waals surface area contributed by atoms with Crippen molar-refractivity contribution < 1.29 is 32.1 Å². The first kappa shape index (κ1) is 47.7. The molecule has 15 heteroatoms. The van der Waals surface area contributed by atoms with E-state index < -0.39 is 6.36 Å². The van der Waals surface area contributed by atoms with Crippen molar-refractivity contribution in [3.8, 4) is 23.0 Å². The maximum Gasteiger partial charge on any atom is 0.573 e. The number of hydrogen-bond donors (Lipinski definition) is 4. The number of halogens is 5. The molecule has 0 amide bonds. The van der Waals surface area contributed by atoms with Crippen LogP contribution in [0.15, 0.2) is 107 Å². The molecular weight excluding hydrogens is 880 g/mol. The second-order valence-corrected chi connectivity index (χ2v) is 17.9. The maximum absolute atomic E-state index is 12.5. The van der Waals surface area contributed by atoms with E-state index in [0.717, 1.165) is 73.5 Å². The van der Waals surface area contributed by atoms with Gasteiger partial charge in [-0.3, -0.25) is 9.59 Å². The Morgan fingerprint density at radius 2 is 1.14 bits per heavy atom. The van der Waals surface area contributed by atoms with Gasteiger partial charge in [0.1, 0.15) is 23.0 Å². The predicted molar refractivity (Wildman–Crippen MR) is 251 cm³/mol. The van der Waals surface area contributed by atoms with Crippen LogP contribution in [0, 0.1) is 0 Å². The fourth-order valence-electron chi connectivity index (χ4n) is 9.90. The van der Waals surface area contributed by atoms with Crippen molar-refractivity contribution in [1.82, 2.24) is 9.97 Å². The van der Waals surface area contributed by atoms with Crippen LogP contribution < -0.4 is 41.5 Å². The van der Waals surface area contributed by atoms with Crippen molar-refractivity contribution in [2.24, 2.45) is 11.5 Å². The zero-order valence-electron chi connectivity index (χ0n) is 36.6. The summed E-state index contributed by atoms with van der Waals surface area (Å²) in [5.74, 6) is 1.78. The number of fused-ring (bicyclic) bond motifs is 2. The molecule has 2 saturated carbocycles. The van der Waals surface area contributed by atoms with Crippen LogP contribution in [0.2, 0.25) is 10.0 Å². The number of alkyl halides is 3. The van der Waals surface area contributed by atoms with Gasteiger partial charge in [-0.1, -0.05) is 67.4 Å². The summed E-state index contributed by atoms with van der Waals surface area (Å²) in [5.41, 5.74) is 14.4. The smallest absolute Gasteiger partial charge is 0.496 e. The molecule has 6 N–H and O–H groups in total. The van der Waals surface area contributed by atoms with Gasteiger partial charge in [-0.05, 0) is 135 Å². The number of methoxy groups -OCH3 is 1. The molecule has 0 aliphatic heterocycles. The van der Waals surface area contributed by atoms with Crippen molar-refractivity contribution in [3.63, 3.8) is 0 Å². The predicted octanol–water partition coefficient (Wildman–Crippen LogP) is 11.3. The van der Waals surface area contributed by atoms with E-state index in [2.05, 4.69) is 33.8 Å². The highest BCUT2D eigenvalue weighted by Gasteiger charge is 2.44. The third kappa shape index (κ3) is 10.4. The highest BCUT2D eigenvalue weighted by molar-refractivity contribution is 6.33. The van der Waals surface area contributed by atoms with Gasteiger partial charge in [0, 0.05) is 51.6 Å². The third-order valence-electron chi connectivity index (χ3n) is 13.5. The fourth-order valence-corrected chi connectivity index (χ4v) is 10.3. The standard InChI is InChI=1S/C25H26ClF3N2O3.C25H29ClN2O3/c1-2-22(30)24(16-3-5-18(6-4-16)34-25(27,28)29)10-7-17(8-11-24)33-21-13-15-9-12-31-23(32)19(15)14-20(21)26;1-3-23(27)25(19-6-4-5-7-21(19)30-2)11-8-17(9-12-25)31-22-14-16-10-13-28-24(29)18(16)15-20(22)26/h3-6,9,12-14,17,22H,2,7-8,10-11,30H2,1H3,(H,31,32);4-7,10,13-15,17,23H,3,8-9,11-12,27H2,1-2H3,(H,28,29). The quantitative estimate of drug-likeness (QED) is 0.0945. The summed E-state index contributed by atoms with van der Waals surface area (Å²) in [6.45, 7) is 4.15. The van der Waals surface area contributed by atoms with E-state index in [1.54, 1.807) is 55.9 Å². The molecule has 8 rings (SSSR count). The van der Waals surface area contributed by atoms with E-state index in [-0.39, 0.29) is 52.0 Å². The summed E-state index contributed by atoms with van der Waals surface area (Å²) in [4.78, 5) is 29.3. The Labute approximate surface area is 385 Å². The first-order valence-corrected chi connectivity index (χ1v) is 22.8. The molecule has 6 aromatic rings. The summed E-state index contributed by atoms with van der Waals surface area (Å²) >= 11 is 12.8. The molecule has 2 fully saturated rings. The van der Waals surface area contributed by atoms with Crippen molar-refractivity contribution >= 4 is 44.7 Å². The van der Waals surface area contributed by atoms with Crippen LogP contribution in [0.5, 0.6) is 23.0 Å². The summed E-state index contributed by atoms with van der Waals surface area (Å²) in [6, 6.07) is 24.7. The number of nitrogens with one attached hydrogen (secondary N) is 2. The monoisotopic (exact) mass is 934 g/mol. The number of aromatic amines is 2. The highest BCUT2D eigenvalue weighted by atomic mass is 35.5. The SMILES string of the molecule is CCC(N)C1(c2ccc(OC(F)(F)F)cc2)CCC(Oc2cc3cc[nH]c(=O)c3cc2Cl)CC1.CCC(N)C1(c2ccccc2OC)CCC(Oc2cc3cc[nH]c(=O)c3cc2Cl)CC1. The van der Waals surface area contributed by atoms with Gasteiger partial charge in [-0.25, -0.2) is 0 Å². The highest BCUT2D eigenvalue weighted by Crippen LogP contribution is 2.48. The Morgan fingerprint density at radius 1 is 0.677 bits per heavy atom. The zero-order valence-corrected chi connectivity index (χ0v) is 38.1. The van der Waals surface area contributed by atoms with Gasteiger partial charge in [0.2, 0.25) is 0 Å². The summed E-state index contributed by atoms with van der Waals surface area (Å²) in [6.07, 6.45) is 6.49. The van der Waals surface area contributed by atoms with Crippen molar-refractivity contribution in [3.05, 3.63) is 139 Å². The molecule has 2 aliphatic carbocycles. The molecule has 0 bridgehead atoms. The first-order chi connectivity index (χ1) is 31.1. The van der Waals surface area contributed by atoms with Crippen molar-refractivity contribution in [2.45, 2.75) is 120 Å². The number of ether oxygens (including phenoxy) is 4. The molecule has 2 aromatic heterocycles. The van der Waals surface area contributed by atoms with Crippen molar-refractivity contribution in [1.29, 1.82) is 0 Å². The lowest BCUT2D eigenvalue weighted by Crippen LogP contribution is -2.49. The minimum Gasteiger partial charge on any atom is -0.496 e. The Morgan fingerprint density at radius 3 is 1.60 bits per heavy atom. The molecule has 0 saturated heterocycles. The topological polar surface area (TPSA) is 155 Å². The van der Waals surface area contributed by atoms with Crippen LogP contribution in [-0.2, 0) is 10.8 Å². The van der Waals surface area contributed by atoms with Crippen LogP contribution in [-0.4, -0.2) is 47.7 Å². The average Bonchev–Trinajstić information content (AvgIpc) is 3.30. The Hall–Kier alpha value is -5.21. The lowest BCUT2D eigenvalue weighted by molar-refractivity contribution is -0.274. The summed E-state index contributed by atoms with van der Waals surface area (Å²) in [7, 11) is 1.71. The van der Waals surface area contributed by atoms with E-state index in [4.69, 9.17) is 48.9 Å². The van der Waals surface area contributed by atoms with Gasteiger partial charge >= 0.3 is 6.36 Å². The van der Waals surface area contributed by atoms with E-state index in [1.807, 2.05) is 31.2 Å². The molecule has 0 radical (unpaired) electrons. The maximum atomic E-state index is 12.5. The van der Waals surface area contributed by atoms with Crippen LogP contribution in [0.4, 0.5) is 13.2 Å². The molecule has 10 nitrogen and oxygen atoms in total. The van der Waals surface area contributed by atoms with Gasteiger partial charge in [0.15, 0.2) is 0 Å². The lowest BCUT2D eigenvalue weighted by atomic mass is 9.63. The van der Waals surface area contributed by atoms with E-state index in [1.165, 1.54) is 17.7 Å². The largest absolute Gasteiger partial charge is 0.573 e. The number of pyridine rings is 2. The van der Waals surface area contributed by atoms with E-state index in [9.17, 15) is 22.8 Å². The molecular formula is C50H55Cl2F3N4O6. The molecule has 65 heavy (non-hydrogen) atoms. The molecule has 2 heterocycles. The normalized spacial score (nSPS) is 22.1. The summed E-state index contributed by atoms with van der Waals surface area (Å²) in [5, 5.41) is 3.43. The van der Waals surface area contributed by atoms with E-state index >= 15 is 0 Å². The number of hydrogen-bond acceptors (Lipinski definition) is 8. The van der Waals surface area contributed by atoms with E-state index in [0.29, 0.717) is 45.2 Å². The Bertz CT molecular complexity index is 2690. The van der Waals surface area contributed by atoms with Gasteiger partial charge < -0.3 is 40.4 Å². The Balaban J connectivity index is 0.000000195. The van der Waals surface area contributed by atoms with Gasteiger partial charge in [-0.15, -0.1) is 13.2 Å². The molecule has 346 valence electrons. The fraction of sp³-hybridized carbons (Fsp3) is 0.400. The van der Waals surface area contributed by atoms with Gasteiger partial charge in [0.05, 0.1) is 29.4 Å². The second-order valence-electron chi connectivity index (χ2n) is 17.1. The number of nitrogens with two attached hydrogens (primary N) is 2. The second kappa shape index (κ2) is 20.1. The molecule has 2 unspecified atom stereocenters. The molecule has 0 spiro atoms. The van der Waals surface area contributed by atoms with Crippen molar-refractivity contribution in [2.75, 3.05) is 7.11 Å². The van der Waals surface area contributed by atoms with Crippen LogP contribution in [0.3, 0.4) is 0 Å². The third-order valence-corrected chi connectivity index (χ3v) is 14.1. The van der Waals surface area contributed by atoms with Crippen LogP contribution in [0.1, 0.15) is 89.2 Å². The molecule has 2 aliphatic rings. The van der Waals surface area contributed by atoms with Gasteiger partial charge in [0.25, 0.3) is 11.1 Å². The number of aromatic nitrogens is 2. The first-order valence-electron chi connectivity index (χ1n) is 22.1. The van der Waals surface area contributed by atoms with Gasteiger partial charge in [-0.2, -0.15) is 0 Å². The van der Waals surface area contributed by atoms with Crippen LogP contribution in [0.25, 0.3) is 21.5 Å². The number of para-hydroxylation sites is 1. The summed E-state index contributed by atoms with van der Waals surface area (Å²) < 4.78 is 59.8. The Kier molecular flexibility index (Phi) is 14.8. The lowest BCUT2D eigenvalue weighted by Gasteiger charge is -2.45. The molecule has 2 atom stereocenters.